The summed E-state index contributed by atoms with van der Waals surface area (Å²) in [6, 6.07) is 8.01. The van der Waals surface area contributed by atoms with Crippen molar-refractivity contribution in [2.45, 2.75) is 58.6 Å². The molecule has 4 nitrogen and oxygen atoms in total. The Balaban J connectivity index is 2.07. The van der Waals surface area contributed by atoms with Crippen LogP contribution in [-0.2, 0) is 21.2 Å². The van der Waals surface area contributed by atoms with E-state index in [1.165, 1.54) is 5.56 Å². The van der Waals surface area contributed by atoms with Crippen LogP contribution in [-0.4, -0.2) is 26.9 Å². The highest BCUT2D eigenvalue weighted by Crippen LogP contribution is 2.24. The molecule has 0 saturated carbocycles. The number of ether oxygens (including phenoxy) is 1. The molecule has 1 saturated heterocycles. The predicted octanol–water partition coefficient (Wildman–Crippen LogP) is 3.43. The van der Waals surface area contributed by atoms with Gasteiger partial charge in [0.15, 0.2) is 0 Å². The summed E-state index contributed by atoms with van der Waals surface area (Å²) >= 11 is 0. The van der Waals surface area contributed by atoms with Gasteiger partial charge in [-0.15, -0.1) is 0 Å². The molecule has 5 heteroatoms. The fourth-order valence-corrected chi connectivity index (χ4v) is 4.62. The standard InChI is InChI=1S/C18H29NO3S/c1-4-15-8-10-16(11-9-15)18(14(2)3)19-23(20,21)13-17-7-5-6-12-22-17/h8-11,14,17-19H,4-7,12-13H2,1-3H3. The van der Waals surface area contributed by atoms with Gasteiger partial charge in [-0.3, -0.25) is 0 Å². The minimum absolute atomic E-state index is 0.0588. The summed E-state index contributed by atoms with van der Waals surface area (Å²) in [6.45, 7) is 6.87. The number of benzene rings is 1. The first-order valence-electron chi connectivity index (χ1n) is 8.61. The van der Waals surface area contributed by atoms with Crippen LogP contribution in [0.15, 0.2) is 24.3 Å². The van der Waals surface area contributed by atoms with Gasteiger partial charge in [0.25, 0.3) is 0 Å². The average Bonchev–Trinajstić information content (AvgIpc) is 2.53. The van der Waals surface area contributed by atoms with Crippen LogP contribution < -0.4 is 4.72 Å². The van der Waals surface area contributed by atoms with Crippen LogP contribution in [0.25, 0.3) is 0 Å². The molecule has 1 aromatic rings. The van der Waals surface area contributed by atoms with Gasteiger partial charge in [-0.05, 0) is 42.7 Å². The molecule has 0 radical (unpaired) electrons. The quantitative estimate of drug-likeness (QED) is 0.828. The Morgan fingerprint density at radius 1 is 1.22 bits per heavy atom. The zero-order valence-electron chi connectivity index (χ0n) is 14.4. The highest BCUT2D eigenvalue weighted by atomic mass is 32.2. The molecule has 1 N–H and O–H groups in total. The minimum Gasteiger partial charge on any atom is -0.377 e. The molecule has 2 atom stereocenters. The van der Waals surface area contributed by atoms with Gasteiger partial charge in [0.2, 0.25) is 10.0 Å². The van der Waals surface area contributed by atoms with Gasteiger partial charge in [0, 0.05) is 12.6 Å². The van der Waals surface area contributed by atoms with Gasteiger partial charge in [0.05, 0.1) is 11.9 Å². The molecule has 0 bridgehead atoms. The van der Waals surface area contributed by atoms with Gasteiger partial charge in [-0.2, -0.15) is 0 Å². The van der Waals surface area contributed by atoms with E-state index in [-0.39, 0.29) is 23.8 Å². The smallest absolute Gasteiger partial charge is 0.214 e. The summed E-state index contributed by atoms with van der Waals surface area (Å²) in [5.41, 5.74) is 2.28. The van der Waals surface area contributed by atoms with E-state index in [2.05, 4.69) is 23.8 Å². The lowest BCUT2D eigenvalue weighted by Gasteiger charge is -2.26. The van der Waals surface area contributed by atoms with Crippen LogP contribution in [0.1, 0.15) is 57.2 Å². The third-order valence-corrected chi connectivity index (χ3v) is 5.82. The van der Waals surface area contributed by atoms with Crippen molar-refractivity contribution in [2.75, 3.05) is 12.4 Å². The summed E-state index contributed by atoms with van der Waals surface area (Å²) < 4.78 is 33.5. The van der Waals surface area contributed by atoms with E-state index in [1.54, 1.807) is 0 Å². The summed E-state index contributed by atoms with van der Waals surface area (Å²) in [5, 5.41) is 0. The number of sulfonamides is 1. The number of hydrogen-bond donors (Lipinski definition) is 1. The summed E-state index contributed by atoms with van der Waals surface area (Å²) in [7, 11) is -3.36. The Morgan fingerprint density at radius 2 is 1.91 bits per heavy atom. The molecule has 0 spiro atoms. The van der Waals surface area contributed by atoms with Gasteiger partial charge in [-0.25, -0.2) is 13.1 Å². The normalized spacial score (nSPS) is 20.6. The van der Waals surface area contributed by atoms with E-state index < -0.39 is 10.0 Å². The Morgan fingerprint density at radius 3 is 2.43 bits per heavy atom. The van der Waals surface area contributed by atoms with E-state index in [4.69, 9.17) is 4.74 Å². The van der Waals surface area contributed by atoms with E-state index in [9.17, 15) is 8.42 Å². The molecule has 0 aliphatic carbocycles. The fraction of sp³-hybridized carbons (Fsp3) is 0.667. The maximum Gasteiger partial charge on any atom is 0.214 e. The second kappa shape index (κ2) is 8.27. The predicted molar refractivity (Wildman–Crippen MR) is 93.9 cm³/mol. The van der Waals surface area contributed by atoms with Gasteiger partial charge in [-0.1, -0.05) is 45.0 Å². The molecule has 2 unspecified atom stereocenters. The molecule has 1 aromatic carbocycles. The first kappa shape index (κ1) is 18.4. The van der Waals surface area contributed by atoms with E-state index >= 15 is 0 Å². The van der Waals surface area contributed by atoms with Crippen LogP contribution in [0.4, 0.5) is 0 Å². The maximum absolute atomic E-state index is 12.5. The summed E-state index contributed by atoms with van der Waals surface area (Å²) in [5.74, 6) is 0.244. The van der Waals surface area contributed by atoms with Crippen molar-refractivity contribution in [2.24, 2.45) is 5.92 Å². The van der Waals surface area contributed by atoms with Crippen molar-refractivity contribution in [1.82, 2.24) is 4.72 Å². The van der Waals surface area contributed by atoms with Crippen LogP contribution in [0.5, 0.6) is 0 Å². The minimum atomic E-state index is -3.36. The Bertz CT molecular complexity index is 575. The highest BCUT2D eigenvalue weighted by molar-refractivity contribution is 7.89. The fourth-order valence-electron chi connectivity index (χ4n) is 2.97. The van der Waals surface area contributed by atoms with E-state index in [0.29, 0.717) is 6.61 Å². The third kappa shape index (κ3) is 5.59. The number of nitrogens with one attached hydrogen (secondary N) is 1. The van der Waals surface area contributed by atoms with E-state index in [1.807, 2.05) is 26.0 Å². The summed E-state index contributed by atoms with van der Waals surface area (Å²) in [6.07, 6.45) is 3.72. The van der Waals surface area contributed by atoms with Crippen molar-refractivity contribution in [3.8, 4) is 0 Å². The second-order valence-electron chi connectivity index (χ2n) is 6.70. The average molecular weight is 340 g/mol. The van der Waals surface area contributed by atoms with Gasteiger partial charge in [0.1, 0.15) is 0 Å². The molecule has 1 heterocycles. The van der Waals surface area contributed by atoms with Crippen LogP contribution in [0, 0.1) is 5.92 Å². The zero-order chi connectivity index (χ0) is 16.9. The molecule has 23 heavy (non-hydrogen) atoms. The Labute approximate surface area is 140 Å². The molecule has 1 aliphatic rings. The van der Waals surface area contributed by atoms with Crippen LogP contribution >= 0.6 is 0 Å². The topological polar surface area (TPSA) is 55.4 Å². The first-order valence-corrected chi connectivity index (χ1v) is 10.3. The van der Waals surface area contributed by atoms with Crippen molar-refractivity contribution < 1.29 is 13.2 Å². The van der Waals surface area contributed by atoms with Crippen molar-refractivity contribution in [3.05, 3.63) is 35.4 Å². The summed E-state index contributed by atoms with van der Waals surface area (Å²) in [4.78, 5) is 0. The molecule has 1 fully saturated rings. The molecular weight excluding hydrogens is 310 g/mol. The lowest BCUT2D eigenvalue weighted by Crippen LogP contribution is -2.38. The van der Waals surface area contributed by atoms with Gasteiger partial charge < -0.3 is 4.74 Å². The molecule has 130 valence electrons. The van der Waals surface area contributed by atoms with Gasteiger partial charge >= 0.3 is 0 Å². The SMILES string of the molecule is CCc1ccc(C(NS(=O)(=O)CC2CCCCO2)C(C)C)cc1. The Kier molecular flexibility index (Phi) is 6.62. The number of aryl methyl sites for hydroxylation is 1. The van der Waals surface area contributed by atoms with Crippen molar-refractivity contribution >= 4 is 10.0 Å². The lowest BCUT2D eigenvalue weighted by atomic mass is 9.96. The zero-order valence-corrected chi connectivity index (χ0v) is 15.2. The largest absolute Gasteiger partial charge is 0.377 e. The Hall–Kier alpha value is -0.910. The maximum atomic E-state index is 12.5. The first-order chi connectivity index (χ1) is 10.9. The number of hydrogen-bond acceptors (Lipinski definition) is 3. The third-order valence-electron chi connectivity index (χ3n) is 4.40. The van der Waals surface area contributed by atoms with Crippen molar-refractivity contribution in [1.29, 1.82) is 0 Å². The molecule has 1 aliphatic heterocycles. The molecule has 0 amide bonds. The molecule has 2 rings (SSSR count). The molecular formula is C18H29NO3S. The second-order valence-corrected chi connectivity index (χ2v) is 8.50. The number of rotatable bonds is 7. The van der Waals surface area contributed by atoms with Crippen LogP contribution in [0.3, 0.4) is 0 Å². The van der Waals surface area contributed by atoms with Crippen LogP contribution in [0.2, 0.25) is 0 Å². The van der Waals surface area contributed by atoms with E-state index in [0.717, 1.165) is 31.2 Å². The highest BCUT2D eigenvalue weighted by Gasteiger charge is 2.26. The lowest BCUT2D eigenvalue weighted by molar-refractivity contribution is 0.0303. The molecule has 0 aromatic heterocycles. The van der Waals surface area contributed by atoms with Crippen molar-refractivity contribution in [3.63, 3.8) is 0 Å². The monoisotopic (exact) mass is 339 g/mol.